The maximum absolute atomic E-state index is 10.9. The van der Waals surface area contributed by atoms with E-state index in [0.717, 1.165) is 12.8 Å². The van der Waals surface area contributed by atoms with Crippen molar-refractivity contribution in [2.45, 2.75) is 38.6 Å². The zero-order valence-electron chi connectivity index (χ0n) is 8.23. The predicted octanol–water partition coefficient (Wildman–Crippen LogP) is 2.90. The Hall–Kier alpha value is -1.48. The lowest BCUT2D eigenvalue weighted by Gasteiger charge is -2.19. The molecule has 76 valence electrons. The van der Waals surface area contributed by atoms with Crippen LogP contribution in [0.3, 0.4) is 0 Å². The summed E-state index contributed by atoms with van der Waals surface area (Å²) < 4.78 is 0. The van der Waals surface area contributed by atoms with Crippen molar-refractivity contribution in [3.05, 3.63) is 22.1 Å². The minimum Gasteiger partial charge on any atom is -0.344 e. The lowest BCUT2D eigenvalue weighted by Crippen LogP contribution is -2.32. The topological polar surface area (TPSA) is 77.9 Å². The summed E-state index contributed by atoms with van der Waals surface area (Å²) in [5.41, 5.74) is 9.28. The second kappa shape index (κ2) is 5.29. The molecule has 1 atom stereocenters. The summed E-state index contributed by atoms with van der Waals surface area (Å²) in [6.07, 6.45) is 6.66. The Labute approximate surface area is 82.8 Å². The molecule has 1 aliphatic rings. The molecule has 1 rings (SSSR count). The number of hydrogen-bond acceptors (Lipinski definition) is 1. The van der Waals surface area contributed by atoms with E-state index in [-0.39, 0.29) is 6.04 Å². The van der Waals surface area contributed by atoms with Gasteiger partial charge in [0.05, 0.1) is 0 Å². The van der Waals surface area contributed by atoms with E-state index in [4.69, 9.17) is 5.53 Å². The molecule has 14 heavy (non-hydrogen) atoms. The van der Waals surface area contributed by atoms with Crippen molar-refractivity contribution in [1.29, 1.82) is 0 Å². The molecule has 0 heterocycles. The molecular weight excluding hydrogens is 180 g/mol. The van der Waals surface area contributed by atoms with Crippen LogP contribution in [0.15, 0.2) is 16.8 Å². The number of allylic oxidation sites excluding steroid dienone is 1. The molecule has 0 saturated heterocycles. The molecule has 0 aromatic carbocycles. The first kappa shape index (κ1) is 10.6. The second-order valence-electron chi connectivity index (χ2n) is 3.39. The van der Waals surface area contributed by atoms with Crippen LogP contribution in [0.5, 0.6) is 0 Å². The molecule has 1 N–H and O–H groups in total. The Kier molecular flexibility index (Phi) is 4.01. The Balaban J connectivity index is 2.48. The van der Waals surface area contributed by atoms with Gasteiger partial charge in [0.15, 0.2) is 0 Å². The van der Waals surface area contributed by atoms with Gasteiger partial charge in [0.1, 0.15) is 0 Å². The molecule has 2 amide bonds. The number of hydrogen-bond donors (Lipinski definition) is 1. The van der Waals surface area contributed by atoms with Crippen LogP contribution >= 0.6 is 0 Å². The van der Waals surface area contributed by atoms with E-state index < -0.39 is 6.03 Å². The van der Waals surface area contributed by atoms with Gasteiger partial charge in [0, 0.05) is 16.1 Å². The van der Waals surface area contributed by atoms with Crippen LogP contribution in [0.4, 0.5) is 4.79 Å². The molecule has 0 aliphatic heterocycles. The van der Waals surface area contributed by atoms with Crippen molar-refractivity contribution in [2.75, 3.05) is 0 Å². The molecule has 5 nitrogen and oxygen atoms in total. The normalized spacial score (nSPS) is 17.6. The minimum atomic E-state index is -0.605. The standard InChI is InChI=1S/C9H14N4O/c1-7(11-9(14)12-13-10)8-5-3-2-4-6-8/h5,7H,2-4,6H2,1H3,(H,11,14). The van der Waals surface area contributed by atoms with Crippen LogP contribution in [0.25, 0.3) is 10.4 Å². The summed E-state index contributed by atoms with van der Waals surface area (Å²) in [4.78, 5) is 13.4. The number of rotatable bonds is 2. The van der Waals surface area contributed by atoms with Gasteiger partial charge >= 0.3 is 6.03 Å². The highest BCUT2D eigenvalue weighted by molar-refractivity contribution is 5.75. The van der Waals surface area contributed by atoms with E-state index in [0.29, 0.717) is 0 Å². The molecule has 0 fully saturated rings. The maximum Gasteiger partial charge on any atom is 0.308 e. The van der Waals surface area contributed by atoms with Crippen molar-refractivity contribution in [2.24, 2.45) is 5.11 Å². The fourth-order valence-electron chi connectivity index (χ4n) is 1.60. The highest BCUT2D eigenvalue weighted by Crippen LogP contribution is 2.19. The first-order valence-electron chi connectivity index (χ1n) is 4.78. The van der Waals surface area contributed by atoms with Gasteiger partial charge in [-0.15, -0.1) is 0 Å². The lowest BCUT2D eigenvalue weighted by atomic mass is 9.95. The van der Waals surface area contributed by atoms with Crippen LogP contribution < -0.4 is 5.32 Å². The fraction of sp³-hybridized carbons (Fsp3) is 0.667. The average molecular weight is 194 g/mol. The summed E-state index contributed by atoms with van der Waals surface area (Å²) in [6, 6.07) is -0.625. The third-order valence-corrected chi connectivity index (χ3v) is 2.36. The maximum atomic E-state index is 10.9. The third kappa shape index (κ3) is 3.11. The van der Waals surface area contributed by atoms with Crippen LogP contribution in [-0.2, 0) is 0 Å². The third-order valence-electron chi connectivity index (χ3n) is 2.36. The second-order valence-corrected chi connectivity index (χ2v) is 3.39. The van der Waals surface area contributed by atoms with E-state index in [2.05, 4.69) is 21.4 Å². The number of carbonyl (C=O) groups is 1. The van der Waals surface area contributed by atoms with Crippen molar-refractivity contribution in [3.8, 4) is 0 Å². The van der Waals surface area contributed by atoms with Gasteiger partial charge in [-0.1, -0.05) is 11.6 Å². The van der Waals surface area contributed by atoms with Gasteiger partial charge in [-0.05, 0) is 38.1 Å². The molecule has 0 aromatic rings. The first-order valence-corrected chi connectivity index (χ1v) is 4.78. The average Bonchev–Trinajstić information content (AvgIpc) is 2.19. The number of urea groups is 1. The molecule has 0 aromatic heterocycles. The quantitative estimate of drug-likeness (QED) is 0.312. The Morgan fingerprint density at radius 1 is 1.71 bits per heavy atom. The van der Waals surface area contributed by atoms with Crippen LogP contribution in [0, 0.1) is 0 Å². The Morgan fingerprint density at radius 3 is 3.07 bits per heavy atom. The zero-order valence-corrected chi connectivity index (χ0v) is 8.23. The van der Waals surface area contributed by atoms with Gasteiger partial charge < -0.3 is 5.32 Å². The summed E-state index contributed by atoms with van der Waals surface area (Å²) in [5, 5.41) is 5.59. The molecule has 5 heteroatoms. The van der Waals surface area contributed by atoms with Crippen molar-refractivity contribution >= 4 is 6.03 Å². The molecule has 1 aliphatic carbocycles. The summed E-state index contributed by atoms with van der Waals surface area (Å²) in [7, 11) is 0. The lowest BCUT2D eigenvalue weighted by molar-refractivity contribution is 0.247. The van der Waals surface area contributed by atoms with Gasteiger partial charge in [-0.25, -0.2) is 0 Å². The van der Waals surface area contributed by atoms with Crippen LogP contribution in [0.1, 0.15) is 32.6 Å². The van der Waals surface area contributed by atoms with Crippen LogP contribution in [-0.4, -0.2) is 12.1 Å². The smallest absolute Gasteiger partial charge is 0.308 e. The van der Waals surface area contributed by atoms with Gasteiger partial charge in [-0.2, -0.15) is 0 Å². The number of nitrogens with one attached hydrogen (secondary N) is 1. The van der Waals surface area contributed by atoms with Crippen LogP contribution in [0.2, 0.25) is 0 Å². The zero-order chi connectivity index (χ0) is 10.4. The van der Waals surface area contributed by atoms with Gasteiger partial charge in [0.25, 0.3) is 0 Å². The summed E-state index contributed by atoms with van der Waals surface area (Å²) in [6.45, 7) is 1.90. The largest absolute Gasteiger partial charge is 0.344 e. The van der Waals surface area contributed by atoms with E-state index in [1.807, 2.05) is 6.92 Å². The number of nitrogens with zero attached hydrogens (tertiary/aromatic N) is 3. The fourth-order valence-corrected chi connectivity index (χ4v) is 1.60. The summed E-state index contributed by atoms with van der Waals surface area (Å²) >= 11 is 0. The highest BCUT2D eigenvalue weighted by Gasteiger charge is 2.12. The Morgan fingerprint density at radius 2 is 2.50 bits per heavy atom. The van der Waals surface area contributed by atoms with Gasteiger partial charge in [-0.3, -0.25) is 4.79 Å². The molecule has 0 bridgehead atoms. The Bertz CT molecular complexity index is 291. The molecule has 0 spiro atoms. The monoisotopic (exact) mass is 194 g/mol. The number of azide groups is 1. The molecule has 0 saturated carbocycles. The van der Waals surface area contributed by atoms with Crippen molar-refractivity contribution < 1.29 is 4.79 Å². The van der Waals surface area contributed by atoms with Crippen molar-refractivity contribution in [1.82, 2.24) is 5.32 Å². The minimum absolute atomic E-state index is 0.0201. The molecular formula is C9H14N4O. The highest BCUT2D eigenvalue weighted by atomic mass is 16.2. The van der Waals surface area contributed by atoms with Crippen molar-refractivity contribution in [3.63, 3.8) is 0 Å². The number of amides is 2. The summed E-state index contributed by atoms with van der Waals surface area (Å²) in [5.74, 6) is 0. The predicted molar refractivity (Wildman–Crippen MR) is 53.7 cm³/mol. The van der Waals surface area contributed by atoms with Gasteiger partial charge in [0.2, 0.25) is 0 Å². The van der Waals surface area contributed by atoms with E-state index in [1.54, 1.807) is 0 Å². The first-order chi connectivity index (χ1) is 6.74. The molecule has 1 unspecified atom stereocenters. The van der Waals surface area contributed by atoms with E-state index >= 15 is 0 Å². The van der Waals surface area contributed by atoms with E-state index in [1.165, 1.54) is 18.4 Å². The molecule has 0 radical (unpaired) electrons. The SMILES string of the molecule is CC(NC(=O)N=[N+]=[N-])C1=CCCCC1. The van der Waals surface area contributed by atoms with E-state index in [9.17, 15) is 4.79 Å². The number of carbonyl (C=O) groups excluding carboxylic acids is 1.